The van der Waals surface area contributed by atoms with Gasteiger partial charge in [0.2, 0.25) is 0 Å². The Kier molecular flexibility index (Phi) is 2.84. The van der Waals surface area contributed by atoms with Crippen LogP contribution < -0.4 is 0 Å². The molecule has 0 unspecified atom stereocenters. The van der Waals surface area contributed by atoms with Gasteiger partial charge in [0.1, 0.15) is 12.6 Å². The van der Waals surface area contributed by atoms with Crippen molar-refractivity contribution < 1.29 is 24.5 Å². The number of esters is 1. The molecule has 6 nitrogen and oxygen atoms in total. The van der Waals surface area contributed by atoms with Crippen molar-refractivity contribution in [3.05, 3.63) is 0 Å². The van der Waals surface area contributed by atoms with Crippen LogP contribution in [0.25, 0.3) is 0 Å². The van der Waals surface area contributed by atoms with E-state index in [1.165, 1.54) is 7.11 Å². The topological polar surface area (TPSA) is 87.1 Å². The third kappa shape index (κ3) is 1.96. The minimum Gasteiger partial charge on any atom is -0.468 e. The van der Waals surface area contributed by atoms with E-state index in [1.807, 2.05) is 0 Å². The van der Waals surface area contributed by atoms with Crippen molar-refractivity contribution in [2.24, 2.45) is 0 Å². The maximum Gasteiger partial charge on any atom is 0.325 e. The van der Waals surface area contributed by atoms with E-state index in [-0.39, 0.29) is 13.1 Å². The molecule has 13 heavy (non-hydrogen) atoms. The van der Waals surface area contributed by atoms with Crippen LogP contribution in [0.3, 0.4) is 0 Å². The number of likely N-dealkylation sites (tertiary alicyclic amines) is 1. The summed E-state index contributed by atoms with van der Waals surface area (Å²) >= 11 is 0. The summed E-state index contributed by atoms with van der Waals surface area (Å²) in [5.41, 5.74) is 0. The van der Waals surface area contributed by atoms with Crippen LogP contribution in [0, 0.1) is 0 Å². The smallest absolute Gasteiger partial charge is 0.325 e. The molecule has 6 heteroatoms. The molecule has 1 fully saturated rings. The first-order chi connectivity index (χ1) is 6.06. The maximum absolute atomic E-state index is 11.1. The molecule has 1 aliphatic heterocycles. The van der Waals surface area contributed by atoms with Crippen molar-refractivity contribution in [2.45, 2.75) is 12.2 Å². The number of aliphatic hydroxyl groups excluding tert-OH is 2. The van der Waals surface area contributed by atoms with Crippen LogP contribution in [-0.4, -0.2) is 59.4 Å². The highest BCUT2D eigenvalue weighted by atomic mass is 16.5. The SMILES string of the molecule is COC(=O)CN1C[C@@H](O)[C@@H](O)C1=O. The van der Waals surface area contributed by atoms with E-state index in [1.54, 1.807) is 0 Å². The Hall–Kier alpha value is -1.14. The van der Waals surface area contributed by atoms with E-state index in [4.69, 9.17) is 10.2 Å². The normalized spacial score (nSPS) is 27.9. The zero-order valence-electron chi connectivity index (χ0n) is 7.14. The molecular formula is C7H11NO5. The summed E-state index contributed by atoms with van der Waals surface area (Å²) < 4.78 is 4.33. The lowest BCUT2D eigenvalue weighted by Crippen LogP contribution is -2.34. The summed E-state index contributed by atoms with van der Waals surface area (Å²) in [5, 5.41) is 18.1. The molecule has 0 aromatic carbocycles. The Morgan fingerprint density at radius 2 is 2.31 bits per heavy atom. The lowest BCUT2D eigenvalue weighted by molar-refractivity contribution is -0.147. The Labute approximate surface area is 74.7 Å². The van der Waals surface area contributed by atoms with Crippen LogP contribution in [0.5, 0.6) is 0 Å². The standard InChI is InChI=1S/C7H11NO5/c1-13-5(10)3-8-2-4(9)6(11)7(8)12/h4,6,9,11H,2-3H2,1H3/t4-,6-/m1/s1. The predicted octanol–water partition coefficient (Wildman–Crippen LogP) is -2.28. The molecule has 2 atom stereocenters. The largest absolute Gasteiger partial charge is 0.468 e. The van der Waals surface area contributed by atoms with Gasteiger partial charge in [-0.25, -0.2) is 0 Å². The first kappa shape index (κ1) is 9.94. The van der Waals surface area contributed by atoms with Gasteiger partial charge >= 0.3 is 5.97 Å². The number of hydrogen-bond donors (Lipinski definition) is 2. The van der Waals surface area contributed by atoms with Crippen LogP contribution in [0.4, 0.5) is 0 Å². The average Bonchev–Trinajstić information content (AvgIpc) is 2.34. The van der Waals surface area contributed by atoms with Crippen LogP contribution in [-0.2, 0) is 14.3 Å². The third-order valence-electron chi connectivity index (χ3n) is 1.88. The van der Waals surface area contributed by atoms with Gasteiger partial charge in [0.05, 0.1) is 13.7 Å². The van der Waals surface area contributed by atoms with Crippen molar-refractivity contribution in [3.63, 3.8) is 0 Å². The molecule has 0 spiro atoms. The summed E-state index contributed by atoms with van der Waals surface area (Å²) in [7, 11) is 1.20. The Morgan fingerprint density at radius 3 is 2.69 bits per heavy atom. The first-order valence-corrected chi connectivity index (χ1v) is 3.78. The molecular weight excluding hydrogens is 178 g/mol. The highest BCUT2D eigenvalue weighted by molar-refractivity contribution is 5.87. The Balaban J connectivity index is 2.54. The van der Waals surface area contributed by atoms with Gasteiger partial charge in [-0.15, -0.1) is 0 Å². The number of carbonyl (C=O) groups is 2. The fourth-order valence-electron chi connectivity index (χ4n) is 1.13. The molecule has 1 heterocycles. The van der Waals surface area contributed by atoms with E-state index in [0.29, 0.717) is 0 Å². The Bertz CT molecular complexity index is 229. The van der Waals surface area contributed by atoms with Gasteiger partial charge in [0, 0.05) is 0 Å². The summed E-state index contributed by atoms with van der Waals surface area (Å²) in [6.07, 6.45) is -2.53. The highest BCUT2D eigenvalue weighted by Crippen LogP contribution is 2.11. The van der Waals surface area contributed by atoms with Crippen molar-refractivity contribution in [2.75, 3.05) is 20.2 Å². The fourth-order valence-corrected chi connectivity index (χ4v) is 1.13. The number of amides is 1. The minimum absolute atomic E-state index is 0.0326. The average molecular weight is 189 g/mol. The molecule has 1 amide bonds. The molecule has 74 valence electrons. The maximum atomic E-state index is 11.1. The number of rotatable bonds is 2. The second-order valence-corrected chi connectivity index (χ2v) is 2.81. The zero-order valence-corrected chi connectivity index (χ0v) is 7.14. The van der Waals surface area contributed by atoms with Gasteiger partial charge in [-0.1, -0.05) is 0 Å². The zero-order chi connectivity index (χ0) is 10.0. The number of methoxy groups -OCH3 is 1. The fraction of sp³-hybridized carbons (Fsp3) is 0.714. The van der Waals surface area contributed by atoms with Gasteiger partial charge < -0.3 is 19.8 Å². The number of ether oxygens (including phenoxy) is 1. The lowest BCUT2D eigenvalue weighted by atomic mass is 10.3. The van der Waals surface area contributed by atoms with E-state index >= 15 is 0 Å². The summed E-state index contributed by atoms with van der Waals surface area (Å²) in [6, 6.07) is 0. The van der Waals surface area contributed by atoms with E-state index in [0.717, 1.165) is 4.90 Å². The molecule has 0 aliphatic carbocycles. The van der Waals surface area contributed by atoms with Crippen LogP contribution in [0.2, 0.25) is 0 Å². The van der Waals surface area contributed by atoms with E-state index < -0.39 is 24.1 Å². The van der Waals surface area contributed by atoms with Crippen molar-refractivity contribution in [3.8, 4) is 0 Å². The summed E-state index contributed by atoms with van der Waals surface area (Å²) in [4.78, 5) is 22.9. The van der Waals surface area contributed by atoms with Crippen LogP contribution >= 0.6 is 0 Å². The van der Waals surface area contributed by atoms with Gasteiger partial charge in [-0.3, -0.25) is 9.59 Å². The molecule has 0 aromatic rings. The molecule has 0 aromatic heterocycles. The van der Waals surface area contributed by atoms with Crippen LogP contribution in [0.15, 0.2) is 0 Å². The van der Waals surface area contributed by atoms with Gasteiger partial charge in [-0.05, 0) is 0 Å². The molecule has 0 radical (unpaired) electrons. The van der Waals surface area contributed by atoms with Crippen molar-refractivity contribution in [1.82, 2.24) is 4.90 Å². The molecule has 0 saturated carbocycles. The molecule has 0 bridgehead atoms. The van der Waals surface area contributed by atoms with Gasteiger partial charge in [-0.2, -0.15) is 0 Å². The Morgan fingerprint density at radius 1 is 1.69 bits per heavy atom. The lowest BCUT2D eigenvalue weighted by Gasteiger charge is -2.12. The van der Waals surface area contributed by atoms with Gasteiger partial charge in [0.25, 0.3) is 5.91 Å². The molecule has 1 rings (SSSR count). The molecule has 1 saturated heterocycles. The highest BCUT2D eigenvalue weighted by Gasteiger charge is 2.38. The second-order valence-electron chi connectivity index (χ2n) is 2.81. The summed E-state index contributed by atoms with van der Waals surface area (Å²) in [6.45, 7) is -0.265. The summed E-state index contributed by atoms with van der Waals surface area (Å²) in [5.74, 6) is -1.22. The quantitative estimate of drug-likeness (QED) is 0.478. The van der Waals surface area contributed by atoms with E-state index in [2.05, 4.69) is 4.74 Å². The number of nitrogens with zero attached hydrogens (tertiary/aromatic N) is 1. The first-order valence-electron chi connectivity index (χ1n) is 3.78. The van der Waals surface area contributed by atoms with E-state index in [9.17, 15) is 9.59 Å². The second kappa shape index (κ2) is 3.71. The molecule has 1 aliphatic rings. The third-order valence-corrected chi connectivity index (χ3v) is 1.88. The van der Waals surface area contributed by atoms with Crippen LogP contribution in [0.1, 0.15) is 0 Å². The number of hydrogen-bond acceptors (Lipinski definition) is 5. The number of aliphatic hydroxyl groups is 2. The van der Waals surface area contributed by atoms with Crippen molar-refractivity contribution in [1.29, 1.82) is 0 Å². The van der Waals surface area contributed by atoms with Gasteiger partial charge in [0.15, 0.2) is 6.10 Å². The predicted molar refractivity (Wildman–Crippen MR) is 40.6 cm³/mol. The minimum atomic E-state index is -1.41. The number of β-amino-alcohol motifs (C(OH)–C–C–N with tert-alkyl or cyclic N) is 1. The molecule has 2 N–H and O–H groups in total. The monoisotopic (exact) mass is 189 g/mol. The number of carbonyl (C=O) groups excluding carboxylic acids is 2. The van der Waals surface area contributed by atoms with Crippen molar-refractivity contribution >= 4 is 11.9 Å².